The van der Waals surface area contributed by atoms with Gasteiger partial charge in [0.2, 0.25) is 17.9 Å². The van der Waals surface area contributed by atoms with Crippen LogP contribution in [-0.4, -0.2) is 34.8 Å². The molecule has 0 saturated carbocycles. The molecule has 0 atom stereocenters. The Morgan fingerprint density at radius 1 is 1.25 bits per heavy atom. The van der Waals surface area contributed by atoms with Gasteiger partial charge < -0.3 is 14.2 Å². The molecule has 1 aliphatic rings. The topological polar surface area (TPSA) is 93.7 Å². The van der Waals surface area contributed by atoms with Gasteiger partial charge in [-0.3, -0.25) is 0 Å². The smallest absolute Gasteiger partial charge is 0.240 e. The average molecular weight is 397 g/mol. The van der Waals surface area contributed by atoms with Crippen LogP contribution in [0.2, 0.25) is 0 Å². The van der Waals surface area contributed by atoms with Crippen molar-refractivity contribution in [2.24, 2.45) is 5.10 Å². The van der Waals surface area contributed by atoms with Gasteiger partial charge in [-0.05, 0) is 31.2 Å². The molecule has 0 saturated heterocycles. The van der Waals surface area contributed by atoms with Gasteiger partial charge in [0.15, 0.2) is 11.5 Å². The number of para-hydroxylation sites is 1. The van der Waals surface area contributed by atoms with Gasteiger partial charge in [-0.1, -0.05) is 30.0 Å². The van der Waals surface area contributed by atoms with Crippen molar-refractivity contribution in [3.05, 3.63) is 53.6 Å². The number of aromatic amines is 1. The second-order valence-electron chi connectivity index (χ2n) is 5.94. The average Bonchev–Trinajstić information content (AvgIpc) is 3.39. The first-order valence-corrected chi connectivity index (χ1v) is 9.59. The number of rotatable bonds is 7. The number of hydrogen-bond acceptors (Lipinski definition) is 8. The standard InChI is InChI=1S/C19H19N5O3S/c1-12(13-7-8-16-17(9-13)27-11-26-16)21-22-18-20-19(24-23-18)28-10-14-5-3-4-6-15(14)25-2/h3-9H,10-11H2,1-2H3,(H2,20,22,23,24)/b21-12+. The highest BCUT2D eigenvalue weighted by Gasteiger charge is 2.14. The number of nitrogens with zero attached hydrogens (tertiary/aromatic N) is 3. The lowest BCUT2D eigenvalue weighted by Gasteiger charge is -2.05. The molecule has 1 aliphatic heterocycles. The predicted molar refractivity (Wildman–Crippen MR) is 107 cm³/mol. The number of aromatic nitrogens is 3. The van der Waals surface area contributed by atoms with E-state index in [0.29, 0.717) is 16.9 Å². The van der Waals surface area contributed by atoms with Crippen molar-refractivity contribution in [3.8, 4) is 17.2 Å². The zero-order valence-corrected chi connectivity index (χ0v) is 16.2. The van der Waals surface area contributed by atoms with Crippen LogP contribution >= 0.6 is 11.8 Å². The van der Waals surface area contributed by atoms with E-state index in [1.165, 1.54) is 11.8 Å². The number of ether oxygens (including phenoxy) is 3. The molecule has 28 heavy (non-hydrogen) atoms. The van der Waals surface area contributed by atoms with Gasteiger partial charge >= 0.3 is 0 Å². The third kappa shape index (κ3) is 4.04. The summed E-state index contributed by atoms with van der Waals surface area (Å²) in [6.45, 7) is 2.15. The number of H-pyrrole nitrogens is 1. The third-order valence-electron chi connectivity index (χ3n) is 4.13. The fraction of sp³-hybridized carbons (Fsp3) is 0.211. The van der Waals surface area contributed by atoms with E-state index in [2.05, 4.69) is 25.7 Å². The van der Waals surface area contributed by atoms with E-state index < -0.39 is 0 Å². The Hall–Kier alpha value is -3.20. The Kier molecular flexibility index (Phi) is 5.34. The molecule has 4 rings (SSSR count). The van der Waals surface area contributed by atoms with Gasteiger partial charge in [-0.2, -0.15) is 10.1 Å². The van der Waals surface area contributed by atoms with Gasteiger partial charge in [0, 0.05) is 16.9 Å². The van der Waals surface area contributed by atoms with E-state index in [-0.39, 0.29) is 6.79 Å². The largest absolute Gasteiger partial charge is 0.496 e. The minimum atomic E-state index is 0.251. The molecule has 8 nitrogen and oxygen atoms in total. The minimum Gasteiger partial charge on any atom is -0.496 e. The van der Waals surface area contributed by atoms with Crippen LogP contribution in [-0.2, 0) is 5.75 Å². The summed E-state index contributed by atoms with van der Waals surface area (Å²) >= 11 is 1.52. The lowest BCUT2D eigenvalue weighted by molar-refractivity contribution is 0.174. The molecule has 3 aromatic rings. The molecule has 0 unspecified atom stereocenters. The second kappa shape index (κ2) is 8.22. The van der Waals surface area contributed by atoms with Crippen LogP contribution < -0.4 is 19.6 Å². The first-order valence-electron chi connectivity index (χ1n) is 8.60. The fourth-order valence-electron chi connectivity index (χ4n) is 2.65. The highest BCUT2D eigenvalue weighted by atomic mass is 32.2. The number of hydrogen-bond donors (Lipinski definition) is 2. The molecule has 0 amide bonds. The van der Waals surface area contributed by atoms with Crippen molar-refractivity contribution in [3.63, 3.8) is 0 Å². The number of nitrogens with one attached hydrogen (secondary N) is 2. The maximum atomic E-state index is 5.40. The van der Waals surface area contributed by atoms with Gasteiger partial charge in [-0.25, -0.2) is 10.5 Å². The van der Waals surface area contributed by atoms with Gasteiger partial charge in [-0.15, -0.1) is 5.10 Å². The maximum Gasteiger partial charge on any atom is 0.240 e. The van der Waals surface area contributed by atoms with Crippen molar-refractivity contribution in [2.45, 2.75) is 17.8 Å². The predicted octanol–water partition coefficient (Wildman–Crippen LogP) is 3.67. The fourth-order valence-corrected chi connectivity index (χ4v) is 3.44. The molecule has 0 aliphatic carbocycles. The van der Waals surface area contributed by atoms with Crippen molar-refractivity contribution >= 4 is 23.4 Å². The van der Waals surface area contributed by atoms with Gasteiger partial charge in [0.25, 0.3) is 0 Å². The SMILES string of the molecule is COc1ccccc1CSc1n[nH]c(N/N=C(\C)c2ccc3c(c2)OCO3)n1. The molecule has 2 aromatic carbocycles. The Labute approximate surface area is 166 Å². The van der Waals surface area contributed by atoms with E-state index in [1.807, 2.05) is 49.4 Å². The number of anilines is 1. The Morgan fingerprint density at radius 2 is 2.11 bits per heavy atom. The molecule has 0 bridgehead atoms. The quantitative estimate of drug-likeness (QED) is 0.357. The Bertz CT molecular complexity index is 1000. The van der Waals surface area contributed by atoms with Crippen LogP contribution in [0.3, 0.4) is 0 Å². The second-order valence-corrected chi connectivity index (χ2v) is 6.89. The summed E-state index contributed by atoms with van der Waals surface area (Å²) in [4.78, 5) is 4.40. The lowest BCUT2D eigenvalue weighted by atomic mass is 10.1. The van der Waals surface area contributed by atoms with Crippen molar-refractivity contribution in [2.75, 3.05) is 19.3 Å². The number of benzene rings is 2. The van der Waals surface area contributed by atoms with Gasteiger partial charge in [0.1, 0.15) is 5.75 Å². The van der Waals surface area contributed by atoms with Gasteiger partial charge in [0.05, 0.1) is 12.8 Å². The van der Waals surface area contributed by atoms with Crippen LogP contribution in [0.25, 0.3) is 0 Å². The molecule has 0 radical (unpaired) electrons. The van der Waals surface area contributed by atoms with Crippen molar-refractivity contribution in [1.29, 1.82) is 0 Å². The molecular formula is C19H19N5O3S. The summed E-state index contributed by atoms with van der Waals surface area (Å²) in [5.41, 5.74) is 5.71. The molecular weight excluding hydrogens is 378 g/mol. The minimum absolute atomic E-state index is 0.251. The highest BCUT2D eigenvalue weighted by molar-refractivity contribution is 7.98. The summed E-state index contributed by atoms with van der Waals surface area (Å²) in [5, 5.41) is 12.0. The normalized spacial score (nSPS) is 12.9. The van der Waals surface area contributed by atoms with E-state index >= 15 is 0 Å². The summed E-state index contributed by atoms with van der Waals surface area (Å²) in [5.74, 6) is 3.51. The van der Waals surface area contributed by atoms with Crippen LogP contribution in [0.5, 0.6) is 17.2 Å². The number of thioether (sulfide) groups is 1. The first-order chi connectivity index (χ1) is 13.7. The summed E-state index contributed by atoms with van der Waals surface area (Å²) in [7, 11) is 1.67. The number of fused-ring (bicyclic) bond motifs is 1. The number of hydrazone groups is 1. The van der Waals surface area contributed by atoms with Crippen LogP contribution in [0.4, 0.5) is 5.95 Å². The van der Waals surface area contributed by atoms with Crippen LogP contribution in [0.15, 0.2) is 52.7 Å². The highest BCUT2D eigenvalue weighted by Crippen LogP contribution is 2.32. The van der Waals surface area contributed by atoms with Crippen molar-refractivity contribution in [1.82, 2.24) is 15.2 Å². The van der Waals surface area contributed by atoms with Crippen molar-refractivity contribution < 1.29 is 14.2 Å². The molecule has 9 heteroatoms. The first kappa shape index (κ1) is 18.2. The monoisotopic (exact) mass is 397 g/mol. The lowest BCUT2D eigenvalue weighted by Crippen LogP contribution is -2.00. The summed E-state index contributed by atoms with van der Waals surface area (Å²) in [6, 6.07) is 13.6. The molecule has 2 N–H and O–H groups in total. The zero-order valence-electron chi connectivity index (χ0n) is 15.4. The van der Waals surface area contributed by atoms with Crippen LogP contribution in [0, 0.1) is 0 Å². The molecule has 2 heterocycles. The molecule has 0 spiro atoms. The third-order valence-corrected chi connectivity index (χ3v) is 5.03. The molecule has 0 fully saturated rings. The van der Waals surface area contributed by atoms with E-state index in [9.17, 15) is 0 Å². The number of methoxy groups -OCH3 is 1. The maximum absolute atomic E-state index is 5.40. The Balaban J connectivity index is 1.37. The molecule has 1 aromatic heterocycles. The van der Waals surface area contributed by atoms with E-state index in [1.54, 1.807) is 7.11 Å². The zero-order chi connectivity index (χ0) is 19.3. The molecule has 144 valence electrons. The van der Waals surface area contributed by atoms with Crippen LogP contribution in [0.1, 0.15) is 18.1 Å². The Morgan fingerprint density at radius 3 is 3.00 bits per heavy atom. The van der Waals surface area contributed by atoms with E-state index in [0.717, 1.165) is 34.1 Å². The summed E-state index contributed by atoms with van der Waals surface area (Å²) in [6.07, 6.45) is 0. The summed E-state index contributed by atoms with van der Waals surface area (Å²) < 4.78 is 16.1. The van der Waals surface area contributed by atoms with E-state index in [4.69, 9.17) is 14.2 Å².